The summed E-state index contributed by atoms with van der Waals surface area (Å²) in [6.07, 6.45) is 3.43. The lowest BCUT2D eigenvalue weighted by Crippen LogP contribution is -2.25. The van der Waals surface area contributed by atoms with Gasteiger partial charge in [-0.15, -0.1) is 0 Å². The number of benzene rings is 1. The zero-order chi connectivity index (χ0) is 12.5. The second kappa shape index (κ2) is 4.29. The van der Waals surface area contributed by atoms with Gasteiger partial charge in [0, 0.05) is 12.1 Å². The number of aryl methyl sites for hydroxylation is 1. The molecule has 0 radical (unpaired) electrons. The maximum Gasteiger partial charge on any atom is 0.124 e. The molecule has 1 aromatic heterocycles. The van der Waals surface area contributed by atoms with Crippen LogP contribution in [0.1, 0.15) is 17.2 Å². The van der Waals surface area contributed by atoms with Crippen LogP contribution >= 0.6 is 0 Å². The standard InChI is InChI=1S/C14H16N2O2/c1-9-3-4-10(14(5-9)17-2)11-6-15-12-7-18-8-13(12)16-11/h3-5,7-8,11,15-16H,6H2,1-2H3. The van der Waals surface area contributed by atoms with Crippen LogP contribution in [0.3, 0.4) is 0 Å². The van der Waals surface area contributed by atoms with Gasteiger partial charge in [-0.25, -0.2) is 0 Å². The van der Waals surface area contributed by atoms with Gasteiger partial charge in [0.25, 0.3) is 0 Å². The lowest BCUT2D eigenvalue weighted by atomic mass is 10.0. The number of methoxy groups -OCH3 is 1. The molecule has 0 fully saturated rings. The van der Waals surface area contributed by atoms with Crippen LogP contribution in [0.15, 0.2) is 35.1 Å². The van der Waals surface area contributed by atoms with Crippen molar-refractivity contribution in [2.45, 2.75) is 13.0 Å². The number of nitrogens with one attached hydrogen (secondary N) is 2. The molecule has 4 nitrogen and oxygen atoms in total. The first-order valence-electron chi connectivity index (χ1n) is 5.99. The average Bonchev–Trinajstić information content (AvgIpc) is 2.85. The first-order valence-corrected chi connectivity index (χ1v) is 5.99. The lowest BCUT2D eigenvalue weighted by molar-refractivity contribution is 0.407. The highest BCUT2D eigenvalue weighted by Crippen LogP contribution is 2.35. The number of ether oxygens (including phenoxy) is 1. The molecule has 0 spiro atoms. The van der Waals surface area contributed by atoms with Crippen LogP contribution in [0.5, 0.6) is 5.75 Å². The highest BCUT2D eigenvalue weighted by molar-refractivity contribution is 5.70. The zero-order valence-corrected chi connectivity index (χ0v) is 10.5. The fourth-order valence-corrected chi connectivity index (χ4v) is 2.29. The molecule has 1 atom stereocenters. The molecule has 0 bridgehead atoms. The van der Waals surface area contributed by atoms with Crippen LogP contribution < -0.4 is 15.4 Å². The van der Waals surface area contributed by atoms with Gasteiger partial charge in [0.2, 0.25) is 0 Å². The summed E-state index contributed by atoms with van der Waals surface area (Å²) in [7, 11) is 1.71. The molecule has 2 heterocycles. The first kappa shape index (κ1) is 11.0. The Morgan fingerprint density at radius 1 is 1.28 bits per heavy atom. The van der Waals surface area contributed by atoms with Gasteiger partial charge >= 0.3 is 0 Å². The molecule has 18 heavy (non-hydrogen) atoms. The van der Waals surface area contributed by atoms with Gasteiger partial charge in [-0.1, -0.05) is 12.1 Å². The average molecular weight is 244 g/mol. The minimum absolute atomic E-state index is 0.186. The summed E-state index contributed by atoms with van der Waals surface area (Å²) in [5.74, 6) is 0.918. The minimum Gasteiger partial charge on any atom is -0.496 e. The van der Waals surface area contributed by atoms with Gasteiger partial charge < -0.3 is 19.8 Å². The van der Waals surface area contributed by atoms with E-state index in [1.54, 1.807) is 19.6 Å². The van der Waals surface area contributed by atoms with E-state index in [1.807, 2.05) is 0 Å². The molecule has 3 rings (SSSR count). The molecule has 0 saturated heterocycles. The Labute approximate surface area is 106 Å². The van der Waals surface area contributed by atoms with E-state index >= 15 is 0 Å². The number of hydrogen-bond donors (Lipinski definition) is 2. The summed E-state index contributed by atoms with van der Waals surface area (Å²) in [5.41, 5.74) is 4.36. The predicted octanol–water partition coefficient (Wildman–Crippen LogP) is 3.18. The summed E-state index contributed by atoms with van der Waals surface area (Å²) < 4.78 is 10.6. The Kier molecular flexibility index (Phi) is 2.63. The summed E-state index contributed by atoms with van der Waals surface area (Å²) in [5, 5.41) is 6.80. The highest BCUT2D eigenvalue weighted by atomic mass is 16.5. The monoisotopic (exact) mass is 244 g/mol. The Bertz CT molecular complexity index is 563. The molecule has 0 amide bonds. The summed E-state index contributed by atoms with van der Waals surface area (Å²) in [6.45, 7) is 2.87. The lowest BCUT2D eigenvalue weighted by Gasteiger charge is -2.27. The van der Waals surface area contributed by atoms with Crippen LogP contribution in [0.4, 0.5) is 11.4 Å². The van der Waals surface area contributed by atoms with Gasteiger partial charge in [0.05, 0.1) is 24.5 Å². The van der Waals surface area contributed by atoms with Crippen LogP contribution in [0, 0.1) is 6.92 Å². The third-order valence-corrected chi connectivity index (χ3v) is 3.25. The van der Waals surface area contributed by atoms with E-state index in [9.17, 15) is 0 Å². The van der Waals surface area contributed by atoms with E-state index in [2.05, 4.69) is 35.8 Å². The Morgan fingerprint density at radius 2 is 2.11 bits per heavy atom. The third-order valence-electron chi connectivity index (χ3n) is 3.25. The Morgan fingerprint density at radius 3 is 2.94 bits per heavy atom. The predicted molar refractivity (Wildman–Crippen MR) is 71.3 cm³/mol. The first-order chi connectivity index (χ1) is 8.78. The molecule has 94 valence electrons. The van der Waals surface area contributed by atoms with Gasteiger partial charge in [-0.05, 0) is 18.6 Å². The van der Waals surface area contributed by atoms with E-state index in [-0.39, 0.29) is 6.04 Å². The molecule has 0 saturated carbocycles. The highest BCUT2D eigenvalue weighted by Gasteiger charge is 2.22. The topological polar surface area (TPSA) is 46.4 Å². The largest absolute Gasteiger partial charge is 0.496 e. The van der Waals surface area contributed by atoms with Crippen molar-refractivity contribution in [3.63, 3.8) is 0 Å². The SMILES string of the molecule is COc1cc(C)ccc1C1CNc2cocc2N1. The second-order valence-electron chi connectivity index (χ2n) is 4.52. The maximum atomic E-state index is 5.46. The molecule has 1 aromatic carbocycles. The Balaban J connectivity index is 1.93. The number of fused-ring (bicyclic) bond motifs is 1. The van der Waals surface area contributed by atoms with E-state index in [4.69, 9.17) is 9.15 Å². The summed E-state index contributed by atoms with van der Waals surface area (Å²) in [6, 6.07) is 6.45. The molecule has 1 aliphatic rings. The number of hydrogen-bond acceptors (Lipinski definition) is 4. The van der Waals surface area contributed by atoms with Crippen LogP contribution in [-0.2, 0) is 0 Å². The second-order valence-corrected chi connectivity index (χ2v) is 4.52. The van der Waals surface area contributed by atoms with Crippen molar-refractivity contribution in [2.75, 3.05) is 24.3 Å². The molecule has 1 unspecified atom stereocenters. The minimum atomic E-state index is 0.186. The van der Waals surface area contributed by atoms with Crippen molar-refractivity contribution in [2.24, 2.45) is 0 Å². The van der Waals surface area contributed by atoms with E-state index in [0.29, 0.717) is 0 Å². The van der Waals surface area contributed by atoms with E-state index in [1.165, 1.54) is 5.56 Å². The molecule has 0 aliphatic carbocycles. The molecule has 2 aromatic rings. The fraction of sp³-hybridized carbons (Fsp3) is 0.286. The van der Waals surface area contributed by atoms with Crippen molar-refractivity contribution >= 4 is 11.4 Å². The quantitative estimate of drug-likeness (QED) is 0.851. The number of rotatable bonds is 2. The van der Waals surface area contributed by atoms with Crippen LogP contribution in [-0.4, -0.2) is 13.7 Å². The van der Waals surface area contributed by atoms with Gasteiger partial charge in [0.15, 0.2) is 0 Å². The molecule has 1 aliphatic heterocycles. The Hall–Kier alpha value is -2.10. The summed E-state index contributed by atoms with van der Waals surface area (Å²) >= 11 is 0. The van der Waals surface area contributed by atoms with Gasteiger partial charge in [-0.3, -0.25) is 0 Å². The van der Waals surface area contributed by atoms with E-state index in [0.717, 1.165) is 29.2 Å². The molecular formula is C14H16N2O2. The van der Waals surface area contributed by atoms with Crippen molar-refractivity contribution in [1.29, 1.82) is 0 Å². The molecular weight excluding hydrogens is 228 g/mol. The number of anilines is 2. The third kappa shape index (κ3) is 1.79. The number of furan rings is 1. The summed E-state index contributed by atoms with van der Waals surface area (Å²) in [4.78, 5) is 0. The van der Waals surface area contributed by atoms with Gasteiger partial charge in [0.1, 0.15) is 18.3 Å². The van der Waals surface area contributed by atoms with Crippen molar-refractivity contribution in [1.82, 2.24) is 0 Å². The van der Waals surface area contributed by atoms with Gasteiger partial charge in [-0.2, -0.15) is 0 Å². The van der Waals surface area contributed by atoms with E-state index < -0.39 is 0 Å². The van der Waals surface area contributed by atoms with Crippen molar-refractivity contribution in [3.05, 3.63) is 41.9 Å². The van der Waals surface area contributed by atoms with Crippen LogP contribution in [0.2, 0.25) is 0 Å². The molecule has 2 N–H and O–H groups in total. The van der Waals surface area contributed by atoms with Crippen molar-refractivity contribution in [3.8, 4) is 5.75 Å². The normalized spacial score (nSPS) is 17.6. The maximum absolute atomic E-state index is 5.46. The fourth-order valence-electron chi connectivity index (χ4n) is 2.29. The zero-order valence-electron chi connectivity index (χ0n) is 10.5. The van der Waals surface area contributed by atoms with Crippen molar-refractivity contribution < 1.29 is 9.15 Å². The molecule has 4 heteroatoms. The van der Waals surface area contributed by atoms with Crippen LogP contribution in [0.25, 0.3) is 0 Å². The smallest absolute Gasteiger partial charge is 0.124 e.